The zero-order valence-electron chi connectivity index (χ0n) is 9.74. The van der Waals surface area contributed by atoms with Gasteiger partial charge in [-0.2, -0.15) is 0 Å². The first kappa shape index (κ1) is 11.6. The molecule has 1 fully saturated rings. The minimum Gasteiger partial charge on any atom is -0.378 e. The number of aromatic amines is 1. The van der Waals surface area contributed by atoms with Gasteiger partial charge in [-0.15, -0.1) is 0 Å². The molecule has 2 rings (SSSR count). The Labute approximate surface area is 96.8 Å². The van der Waals surface area contributed by atoms with Crippen LogP contribution in [0.25, 0.3) is 0 Å². The molecule has 1 saturated heterocycles. The SMILES string of the molecule is c1ncc(CNCCCC2CCCCO2)[nH]1. The van der Waals surface area contributed by atoms with Gasteiger partial charge in [0.25, 0.3) is 0 Å². The van der Waals surface area contributed by atoms with Gasteiger partial charge in [-0.05, 0) is 38.6 Å². The summed E-state index contributed by atoms with van der Waals surface area (Å²) in [5.74, 6) is 0. The van der Waals surface area contributed by atoms with Gasteiger partial charge in [-0.1, -0.05) is 0 Å². The number of ether oxygens (including phenoxy) is 1. The highest BCUT2D eigenvalue weighted by atomic mass is 16.5. The molecule has 0 amide bonds. The molecule has 4 nitrogen and oxygen atoms in total. The molecule has 1 aromatic rings. The maximum absolute atomic E-state index is 5.69. The average molecular weight is 223 g/mol. The summed E-state index contributed by atoms with van der Waals surface area (Å²) in [6, 6.07) is 0. The minimum atomic E-state index is 0.516. The number of aromatic nitrogens is 2. The van der Waals surface area contributed by atoms with E-state index in [1.165, 1.54) is 32.1 Å². The Morgan fingerprint density at radius 2 is 2.50 bits per heavy atom. The first-order valence-electron chi connectivity index (χ1n) is 6.25. The number of hydrogen-bond donors (Lipinski definition) is 2. The van der Waals surface area contributed by atoms with Gasteiger partial charge in [0.2, 0.25) is 0 Å². The third kappa shape index (κ3) is 3.94. The first-order valence-corrected chi connectivity index (χ1v) is 6.25. The van der Waals surface area contributed by atoms with Crippen LogP contribution in [0.2, 0.25) is 0 Å². The molecule has 16 heavy (non-hydrogen) atoms. The molecule has 1 unspecified atom stereocenters. The minimum absolute atomic E-state index is 0.516. The van der Waals surface area contributed by atoms with E-state index in [9.17, 15) is 0 Å². The van der Waals surface area contributed by atoms with E-state index in [0.717, 1.165) is 25.4 Å². The van der Waals surface area contributed by atoms with E-state index >= 15 is 0 Å². The summed E-state index contributed by atoms with van der Waals surface area (Å²) in [7, 11) is 0. The van der Waals surface area contributed by atoms with Gasteiger partial charge in [0.1, 0.15) is 0 Å². The van der Waals surface area contributed by atoms with Gasteiger partial charge in [0.05, 0.1) is 12.4 Å². The van der Waals surface area contributed by atoms with E-state index in [1.807, 2.05) is 6.20 Å². The monoisotopic (exact) mass is 223 g/mol. The van der Waals surface area contributed by atoms with Crippen LogP contribution in [0.4, 0.5) is 0 Å². The van der Waals surface area contributed by atoms with Gasteiger partial charge in [0.15, 0.2) is 0 Å². The Morgan fingerprint density at radius 3 is 3.25 bits per heavy atom. The molecule has 1 aliphatic rings. The molecule has 0 radical (unpaired) electrons. The number of H-pyrrole nitrogens is 1. The highest BCUT2D eigenvalue weighted by molar-refractivity contribution is 4.92. The molecule has 1 aromatic heterocycles. The van der Waals surface area contributed by atoms with Crippen molar-refractivity contribution >= 4 is 0 Å². The number of nitrogens with zero attached hydrogens (tertiary/aromatic N) is 1. The van der Waals surface area contributed by atoms with Crippen LogP contribution in [-0.4, -0.2) is 29.2 Å². The third-order valence-corrected chi connectivity index (χ3v) is 3.02. The van der Waals surface area contributed by atoms with Gasteiger partial charge in [-0.3, -0.25) is 0 Å². The predicted molar refractivity (Wildman–Crippen MR) is 63.1 cm³/mol. The Hall–Kier alpha value is -0.870. The lowest BCUT2D eigenvalue weighted by Gasteiger charge is -2.22. The van der Waals surface area contributed by atoms with E-state index in [-0.39, 0.29) is 0 Å². The Balaban J connectivity index is 1.48. The van der Waals surface area contributed by atoms with Crippen LogP contribution in [0.3, 0.4) is 0 Å². The Kier molecular flexibility index (Phi) is 4.83. The van der Waals surface area contributed by atoms with Crippen LogP contribution in [0.1, 0.15) is 37.8 Å². The van der Waals surface area contributed by atoms with Crippen molar-refractivity contribution in [2.75, 3.05) is 13.2 Å². The average Bonchev–Trinajstić information content (AvgIpc) is 2.83. The fourth-order valence-corrected chi connectivity index (χ4v) is 2.09. The lowest BCUT2D eigenvalue weighted by molar-refractivity contribution is 0.0102. The number of imidazole rings is 1. The zero-order chi connectivity index (χ0) is 11.1. The predicted octanol–water partition coefficient (Wildman–Crippen LogP) is 1.85. The molecule has 0 aliphatic carbocycles. The second kappa shape index (κ2) is 6.66. The van der Waals surface area contributed by atoms with Gasteiger partial charge < -0.3 is 15.0 Å². The summed E-state index contributed by atoms with van der Waals surface area (Å²) in [5, 5.41) is 3.40. The lowest BCUT2D eigenvalue weighted by atomic mass is 10.0. The largest absolute Gasteiger partial charge is 0.378 e. The van der Waals surface area contributed by atoms with Crippen molar-refractivity contribution in [2.45, 2.75) is 44.8 Å². The molecule has 4 heteroatoms. The maximum Gasteiger partial charge on any atom is 0.0922 e. The Bertz CT molecular complexity index is 268. The maximum atomic E-state index is 5.69. The van der Waals surface area contributed by atoms with Crippen LogP contribution in [-0.2, 0) is 11.3 Å². The van der Waals surface area contributed by atoms with Crippen molar-refractivity contribution in [2.24, 2.45) is 0 Å². The molecule has 1 aliphatic heterocycles. The fraction of sp³-hybridized carbons (Fsp3) is 0.750. The van der Waals surface area contributed by atoms with Crippen LogP contribution in [0.15, 0.2) is 12.5 Å². The Morgan fingerprint density at radius 1 is 1.50 bits per heavy atom. The highest BCUT2D eigenvalue weighted by Crippen LogP contribution is 2.16. The second-order valence-corrected chi connectivity index (χ2v) is 4.38. The highest BCUT2D eigenvalue weighted by Gasteiger charge is 2.12. The summed E-state index contributed by atoms with van der Waals surface area (Å²) in [4.78, 5) is 7.06. The van der Waals surface area contributed by atoms with Crippen molar-refractivity contribution in [3.8, 4) is 0 Å². The van der Waals surface area contributed by atoms with Gasteiger partial charge in [0, 0.05) is 25.0 Å². The number of hydrogen-bond acceptors (Lipinski definition) is 3. The quantitative estimate of drug-likeness (QED) is 0.724. The normalized spacial score (nSPS) is 21.1. The topological polar surface area (TPSA) is 49.9 Å². The van der Waals surface area contributed by atoms with E-state index in [4.69, 9.17) is 4.74 Å². The van der Waals surface area contributed by atoms with E-state index in [0.29, 0.717) is 6.10 Å². The smallest absolute Gasteiger partial charge is 0.0922 e. The molecule has 90 valence electrons. The van der Waals surface area contributed by atoms with Crippen LogP contribution in [0.5, 0.6) is 0 Å². The molecular weight excluding hydrogens is 202 g/mol. The van der Waals surface area contributed by atoms with Crippen LogP contribution >= 0.6 is 0 Å². The molecule has 2 N–H and O–H groups in total. The third-order valence-electron chi connectivity index (χ3n) is 3.02. The van der Waals surface area contributed by atoms with Crippen molar-refractivity contribution < 1.29 is 4.74 Å². The molecule has 0 bridgehead atoms. The summed E-state index contributed by atoms with van der Waals surface area (Å²) in [5.41, 5.74) is 1.15. The summed E-state index contributed by atoms with van der Waals surface area (Å²) < 4.78 is 5.69. The zero-order valence-corrected chi connectivity index (χ0v) is 9.74. The molecule has 0 aromatic carbocycles. The van der Waals surface area contributed by atoms with Gasteiger partial charge >= 0.3 is 0 Å². The first-order chi connectivity index (χ1) is 7.95. The standard InChI is InChI=1S/C12H21N3O/c1-2-7-16-12(4-1)5-3-6-13-8-11-9-14-10-15-11/h9-10,12-13H,1-8H2,(H,14,15). The summed E-state index contributed by atoms with van der Waals surface area (Å²) in [6.45, 7) is 2.90. The van der Waals surface area contributed by atoms with E-state index in [2.05, 4.69) is 15.3 Å². The fourth-order valence-electron chi connectivity index (χ4n) is 2.09. The van der Waals surface area contributed by atoms with E-state index < -0.39 is 0 Å². The van der Waals surface area contributed by atoms with Crippen molar-refractivity contribution in [1.29, 1.82) is 0 Å². The molecule has 0 spiro atoms. The molecular formula is C12H21N3O. The molecule has 1 atom stereocenters. The van der Waals surface area contributed by atoms with Crippen molar-refractivity contribution in [3.05, 3.63) is 18.2 Å². The molecule has 0 saturated carbocycles. The van der Waals surface area contributed by atoms with Crippen molar-refractivity contribution in [1.82, 2.24) is 15.3 Å². The summed E-state index contributed by atoms with van der Waals surface area (Å²) in [6.07, 6.45) is 10.3. The number of rotatable bonds is 6. The second-order valence-electron chi connectivity index (χ2n) is 4.38. The van der Waals surface area contributed by atoms with Crippen molar-refractivity contribution in [3.63, 3.8) is 0 Å². The summed E-state index contributed by atoms with van der Waals surface area (Å²) >= 11 is 0. The van der Waals surface area contributed by atoms with E-state index in [1.54, 1.807) is 6.33 Å². The number of nitrogens with one attached hydrogen (secondary N) is 2. The van der Waals surface area contributed by atoms with Gasteiger partial charge in [-0.25, -0.2) is 4.98 Å². The molecule has 2 heterocycles. The van der Waals surface area contributed by atoms with Crippen LogP contribution < -0.4 is 5.32 Å². The van der Waals surface area contributed by atoms with Crippen LogP contribution in [0, 0.1) is 0 Å². The lowest BCUT2D eigenvalue weighted by Crippen LogP contribution is -2.21.